The standard InChI is InChI=1S/C15H20N2/c1-11(2)10-17-6-4-5-14-12(3)7-13(9-16)8-15(14)17/h7-9,16H,1,4-6,10H2,2-3H3. The van der Waals surface area contributed by atoms with Crippen LogP contribution in [0.15, 0.2) is 24.3 Å². The molecule has 90 valence electrons. The Hall–Kier alpha value is -1.57. The zero-order chi connectivity index (χ0) is 12.4. The van der Waals surface area contributed by atoms with E-state index in [1.807, 2.05) is 0 Å². The van der Waals surface area contributed by atoms with Gasteiger partial charge in [0, 0.05) is 25.0 Å². The fourth-order valence-corrected chi connectivity index (χ4v) is 2.57. The molecule has 2 nitrogen and oxygen atoms in total. The van der Waals surface area contributed by atoms with Gasteiger partial charge >= 0.3 is 0 Å². The van der Waals surface area contributed by atoms with Crippen LogP contribution in [0.4, 0.5) is 5.69 Å². The van der Waals surface area contributed by atoms with E-state index < -0.39 is 0 Å². The van der Waals surface area contributed by atoms with Crippen molar-refractivity contribution >= 4 is 11.9 Å². The highest BCUT2D eigenvalue weighted by Crippen LogP contribution is 2.31. The molecule has 1 aromatic rings. The van der Waals surface area contributed by atoms with Crippen LogP contribution in [0.1, 0.15) is 30.0 Å². The fraction of sp³-hybridized carbons (Fsp3) is 0.400. The van der Waals surface area contributed by atoms with Gasteiger partial charge in [0.25, 0.3) is 0 Å². The van der Waals surface area contributed by atoms with Gasteiger partial charge in [-0.15, -0.1) is 0 Å². The minimum absolute atomic E-state index is 0.924. The van der Waals surface area contributed by atoms with Crippen molar-refractivity contribution < 1.29 is 0 Å². The van der Waals surface area contributed by atoms with Gasteiger partial charge in [-0.05, 0) is 49.4 Å². The Morgan fingerprint density at radius 1 is 1.53 bits per heavy atom. The second-order valence-electron chi connectivity index (χ2n) is 4.96. The molecule has 17 heavy (non-hydrogen) atoms. The first-order valence-electron chi connectivity index (χ1n) is 6.15. The summed E-state index contributed by atoms with van der Waals surface area (Å²) in [4.78, 5) is 2.39. The molecule has 0 atom stereocenters. The topological polar surface area (TPSA) is 27.1 Å². The molecule has 2 rings (SSSR count). The first-order chi connectivity index (χ1) is 8.11. The van der Waals surface area contributed by atoms with Crippen molar-refractivity contribution in [1.82, 2.24) is 0 Å². The molecule has 1 aliphatic rings. The number of rotatable bonds is 3. The zero-order valence-electron chi connectivity index (χ0n) is 10.7. The number of fused-ring (bicyclic) bond motifs is 1. The molecule has 0 fully saturated rings. The third kappa shape index (κ3) is 2.41. The van der Waals surface area contributed by atoms with Gasteiger partial charge in [0.15, 0.2) is 0 Å². The van der Waals surface area contributed by atoms with Crippen LogP contribution in [0.25, 0.3) is 0 Å². The number of anilines is 1. The maximum atomic E-state index is 7.40. The van der Waals surface area contributed by atoms with Crippen LogP contribution < -0.4 is 4.90 Å². The summed E-state index contributed by atoms with van der Waals surface area (Å²) in [5, 5.41) is 7.40. The molecule has 0 saturated carbocycles. The van der Waals surface area contributed by atoms with E-state index in [0.29, 0.717) is 0 Å². The lowest BCUT2D eigenvalue weighted by atomic mass is 9.94. The van der Waals surface area contributed by atoms with Crippen LogP contribution in [-0.4, -0.2) is 19.3 Å². The molecule has 0 aromatic heterocycles. The summed E-state index contributed by atoms with van der Waals surface area (Å²) in [5.74, 6) is 0. The van der Waals surface area contributed by atoms with Crippen molar-refractivity contribution in [2.24, 2.45) is 0 Å². The van der Waals surface area contributed by atoms with Gasteiger partial charge in [0.05, 0.1) is 0 Å². The third-order valence-electron chi connectivity index (χ3n) is 3.29. The summed E-state index contributed by atoms with van der Waals surface area (Å²) in [6.45, 7) is 10.2. The highest BCUT2D eigenvalue weighted by molar-refractivity contribution is 5.81. The van der Waals surface area contributed by atoms with Crippen molar-refractivity contribution in [3.05, 3.63) is 41.0 Å². The Balaban J connectivity index is 2.44. The lowest BCUT2D eigenvalue weighted by molar-refractivity contribution is 0.711. The second-order valence-corrected chi connectivity index (χ2v) is 4.96. The zero-order valence-corrected chi connectivity index (χ0v) is 10.7. The van der Waals surface area contributed by atoms with Crippen molar-refractivity contribution in [2.45, 2.75) is 26.7 Å². The van der Waals surface area contributed by atoms with Crippen LogP contribution in [-0.2, 0) is 6.42 Å². The number of nitrogens with one attached hydrogen (secondary N) is 1. The molecule has 1 aromatic carbocycles. The highest BCUT2D eigenvalue weighted by atomic mass is 15.1. The Morgan fingerprint density at radius 2 is 2.29 bits per heavy atom. The molecule has 0 spiro atoms. The average molecular weight is 228 g/mol. The van der Waals surface area contributed by atoms with E-state index in [1.165, 1.54) is 35.0 Å². The maximum absolute atomic E-state index is 7.40. The molecular weight excluding hydrogens is 208 g/mol. The van der Waals surface area contributed by atoms with Gasteiger partial charge in [-0.3, -0.25) is 0 Å². The Kier molecular flexibility index (Phi) is 3.32. The summed E-state index contributed by atoms with van der Waals surface area (Å²) >= 11 is 0. The molecule has 2 heteroatoms. The number of hydrogen-bond acceptors (Lipinski definition) is 2. The predicted octanol–water partition coefficient (Wildman–Crippen LogP) is 3.32. The van der Waals surface area contributed by atoms with Crippen molar-refractivity contribution in [3.63, 3.8) is 0 Å². The monoisotopic (exact) mass is 228 g/mol. The van der Waals surface area contributed by atoms with Gasteiger partial charge in [0.2, 0.25) is 0 Å². The Labute approximate surface area is 103 Å². The minimum Gasteiger partial charge on any atom is -0.367 e. The fourth-order valence-electron chi connectivity index (χ4n) is 2.57. The minimum atomic E-state index is 0.924. The van der Waals surface area contributed by atoms with E-state index in [0.717, 1.165) is 25.1 Å². The van der Waals surface area contributed by atoms with Crippen molar-refractivity contribution in [1.29, 1.82) is 5.41 Å². The summed E-state index contributed by atoms with van der Waals surface area (Å²) in [6, 6.07) is 4.24. The Bertz CT molecular complexity index is 460. The van der Waals surface area contributed by atoms with Crippen LogP contribution in [0, 0.1) is 12.3 Å². The summed E-state index contributed by atoms with van der Waals surface area (Å²) in [5.41, 5.74) is 6.25. The first kappa shape index (κ1) is 11.9. The average Bonchev–Trinajstić information content (AvgIpc) is 2.29. The molecule has 1 N–H and O–H groups in total. The second kappa shape index (κ2) is 4.74. The molecular formula is C15H20N2. The van der Waals surface area contributed by atoms with E-state index >= 15 is 0 Å². The summed E-state index contributed by atoms with van der Waals surface area (Å²) < 4.78 is 0. The van der Waals surface area contributed by atoms with E-state index in [-0.39, 0.29) is 0 Å². The molecule has 1 aliphatic heterocycles. The lowest BCUT2D eigenvalue weighted by Crippen LogP contribution is -2.31. The largest absolute Gasteiger partial charge is 0.367 e. The number of benzene rings is 1. The molecule has 0 unspecified atom stereocenters. The number of hydrogen-bond donors (Lipinski definition) is 1. The van der Waals surface area contributed by atoms with Gasteiger partial charge in [-0.25, -0.2) is 0 Å². The van der Waals surface area contributed by atoms with Crippen molar-refractivity contribution in [3.8, 4) is 0 Å². The first-order valence-corrected chi connectivity index (χ1v) is 6.15. The quantitative estimate of drug-likeness (QED) is 0.623. The maximum Gasteiger partial charge on any atom is 0.0410 e. The summed E-state index contributed by atoms with van der Waals surface area (Å²) in [7, 11) is 0. The van der Waals surface area contributed by atoms with Crippen LogP contribution in [0.3, 0.4) is 0 Å². The molecule has 0 saturated heterocycles. The van der Waals surface area contributed by atoms with Gasteiger partial charge < -0.3 is 10.3 Å². The lowest BCUT2D eigenvalue weighted by Gasteiger charge is -2.32. The molecule has 0 bridgehead atoms. The number of nitrogens with zero attached hydrogens (tertiary/aromatic N) is 1. The predicted molar refractivity (Wildman–Crippen MR) is 74.4 cm³/mol. The molecule has 0 aliphatic carbocycles. The molecule has 0 amide bonds. The normalized spacial score (nSPS) is 14.4. The van der Waals surface area contributed by atoms with E-state index in [9.17, 15) is 0 Å². The third-order valence-corrected chi connectivity index (χ3v) is 3.29. The number of aryl methyl sites for hydroxylation is 1. The van der Waals surface area contributed by atoms with Crippen LogP contribution >= 0.6 is 0 Å². The van der Waals surface area contributed by atoms with E-state index in [4.69, 9.17) is 5.41 Å². The van der Waals surface area contributed by atoms with Crippen LogP contribution in [0.5, 0.6) is 0 Å². The summed E-state index contributed by atoms with van der Waals surface area (Å²) in [6.07, 6.45) is 3.80. The Morgan fingerprint density at radius 3 is 2.94 bits per heavy atom. The van der Waals surface area contributed by atoms with E-state index in [2.05, 4.69) is 37.5 Å². The highest BCUT2D eigenvalue weighted by Gasteiger charge is 2.18. The van der Waals surface area contributed by atoms with E-state index in [1.54, 1.807) is 0 Å². The van der Waals surface area contributed by atoms with Crippen LogP contribution in [0.2, 0.25) is 0 Å². The van der Waals surface area contributed by atoms with Gasteiger partial charge in [-0.1, -0.05) is 18.2 Å². The smallest absolute Gasteiger partial charge is 0.0410 e. The van der Waals surface area contributed by atoms with Gasteiger partial charge in [-0.2, -0.15) is 0 Å². The van der Waals surface area contributed by atoms with Gasteiger partial charge in [0.1, 0.15) is 0 Å². The SMILES string of the molecule is C=C(C)CN1CCCc2c(C)cc(C=N)cc21. The molecule has 1 heterocycles. The molecule has 0 radical (unpaired) electrons. The van der Waals surface area contributed by atoms with Crippen molar-refractivity contribution in [2.75, 3.05) is 18.0 Å².